The van der Waals surface area contributed by atoms with Gasteiger partial charge in [-0.15, -0.1) is 0 Å². The number of ether oxygens (including phenoxy) is 3. The first kappa shape index (κ1) is 20.4. The van der Waals surface area contributed by atoms with Gasteiger partial charge in [-0.2, -0.15) is 10.1 Å². The summed E-state index contributed by atoms with van der Waals surface area (Å²) in [5, 5.41) is 5.33. The second kappa shape index (κ2) is 8.10. The molecule has 0 unspecified atom stereocenters. The summed E-state index contributed by atoms with van der Waals surface area (Å²) in [4.78, 5) is 37.0. The molecule has 158 valence electrons. The molecule has 2 fully saturated rings. The SMILES string of the molecule is COC(=O)COc1c(Cl)cc(/C=N\N2C(=O)[C@@H]3[C@H](C2=O)[C@H]2C=C[C@H]3CC2)cc1OC. The van der Waals surface area contributed by atoms with Crippen molar-refractivity contribution in [1.29, 1.82) is 0 Å². The second-order valence-corrected chi connectivity index (χ2v) is 7.88. The van der Waals surface area contributed by atoms with E-state index >= 15 is 0 Å². The van der Waals surface area contributed by atoms with Crippen LogP contribution in [0.2, 0.25) is 5.02 Å². The van der Waals surface area contributed by atoms with Crippen molar-refractivity contribution >= 4 is 35.6 Å². The van der Waals surface area contributed by atoms with Crippen molar-refractivity contribution in [3.8, 4) is 11.5 Å². The summed E-state index contributed by atoms with van der Waals surface area (Å²) < 4.78 is 15.2. The molecule has 1 saturated carbocycles. The second-order valence-electron chi connectivity index (χ2n) is 7.47. The lowest BCUT2D eigenvalue weighted by Crippen LogP contribution is -2.38. The molecule has 1 heterocycles. The van der Waals surface area contributed by atoms with Crippen LogP contribution in [0.5, 0.6) is 11.5 Å². The van der Waals surface area contributed by atoms with Gasteiger partial charge in [-0.1, -0.05) is 23.8 Å². The van der Waals surface area contributed by atoms with E-state index in [1.54, 1.807) is 12.1 Å². The number of hydrogen-bond donors (Lipinski definition) is 0. The largest absolute Gasteiger partial charge is 0.493 e. The molecule has 3 aliphatic carbocycles. The van der Waals surface area contributed by atoms with Crippen LogP contribution in [0.15, 0.2) is 29.4 Å². The third-order valence-electron chi connectivity index (χ3n) is 5.87. The number of hydrazone groups is 1. The van der Waals surface area contributed by atoms with E-state index in [-0.39, 0.29) is 58.6 Å². The van der Waals surface area contributed by atoms with E-state index in [1.807, 2.05) is 0 Å². The van der Waals surface area contributed by atoms with Gasteiger partial charge >= 0.3 is 5.97 Å². The quantitative estimate of drug-likeness (QED) is 0.296. The number of amides is 2. The first-order valence-corrected chi connectivity index (χ1v) is 9.99. The molecule has 9 heteroatoms. The number of nitrogens with zero attached hydrogens (tertiary/aromatic N) is 2. The zero-order valence-corrected chi connectivity index (χ0v) is 17.3. The molecule has 4 aliphatic rings. The highest BCUT2D eigenvalue weighted by atomic mass is 35.5. The number of allylic oxidation sites excluding steroid dienone is 2. The van der Waals surface area contributed by atoms with Crippen LogP contribution in [-0.4, -0.2) is 49.8 Å². The number of fused-ring (bicyclic) bond motifs is 1. The Kier molecular flexibility index (Phi) is 5.51. The van der Waals surface area contributed by atoms with E-state index in [4.69, 9.17) is 21.1 Å². The number of methoxy groups -OCH3 is 2. The average Bonchev–Trinajstić information content (AvgIpc) is 3.03. The van der Waals surface area contributed by atoms with Crippen molar-refractivity contribution in [2.45, 2.75) is 12.8 Å². The summed E-state index contributed by atoms with van der Waals surface area (Å²) in [6, 6.07) is 3.13. The highest BCUT2D eigenvalue weighted by molar-refractivity contribution is 6.32. The molecule has 0 spiro atoms. The maximum atomic E-state index is 12.8. The summed E-state index contributed by atoms with van der Waals surface area (Å²) in [7, 11) is 2.68. The fourth-order valence-corrected chi connectivity index (χ4v) is 4.71. The lowest BCUT2D eigenvalue weighted by molar-refractivity contribution is -0.143. The van der Waals surface area contributed by atoms with E-state index in [9.17, 15) is 14.4 Å². The van der Waals surface area contributed by atoms with Crippen LogP contribution in [0.3, 0.4) is 0 Å². The molecule has 4 atom stereocenters. The average molecular weight is 433 g/mol. The van der Waals surface area contributed by atoms with Crippen molar-refractivity contribution in [2.24, 2.45) is 28.8 Å². The van der Waals surface area contributed by atoms with E-state index < -0.39 is 5.97 Å². The number of carbonyl (C=O) groups is 3. The molecule has 0 aromatic heterocycles. The summed E-state index contributed by atoms with van der Waals surface area (Å²) in [6.07, 6.45) is 7.37. The normalized spacial score (nSPS) is 27.0. The third-order valence-corrected chi connectivity index (χ3v) is 6.15. The van der Waals surface area contributed by atoms with E-state index in [0.29, 0.717) is 5.56 Å². The van der Waals surface area contributed by atoms with Gasteiger partial charge in [-0.05, 0) is 42.4 Å². The van der Waals surface area contributed by atoms with Gasteiger partial charge in [0.15, 0.2) is 18.1 Å². The Morgan fingerprint density at radius 2 is 1.80 bits per heavy atom. The topological polar surface area (TPSA) is 94.5 Å². The highest BCUT2D eigenvalue weighted by Gasteiger charge is 2.56. The van der Waals surface area contributed by atoms with Crippen molar-refractivity contribution in [3.63, 3.8) is 0 Å². The van der Waals surface area contributed by atoms with Crippen LogP contribution in [0.1, 0.15) is 18.4 Å². The standard InChI is InChI=1S/C21H21ClN2O6/c1-28-15-8-11(7-14(22)19(15)30-10-16(25)29-2)9-23-24-20(26)17-12-3-4-13(6-5-12)18(17)21(24)27/h3-4,7-9,12-13,17-18H,5-6,10H2,1-2H3/b23-9-/t12-,13-,17-,18+/m0/s1. The minimum absolute atomic E-state index is 0.109. The maximum Gasteiger partial charge on any atom is 0.343 e. The Labute approximate surface area is 178 Å². The van der Waals surface area contributed by atoms with Gasteiger partial charge in [-0.25, -0.2) is 4.79 Å². The number of imide groups is 1. The zero-order chi connectivity index (χ0) is 21.4. The number of rotatable bonds is 6. The number of benzene rings is 1. The molecule has 0 N–H and O–H groups in total. The van der Waals surface area contributed by atoms with E-state index in [0.717, 1.165) is 17.9 Å². The molecule has 1 aromatic rings. The minimum Gasteiger partial charge on any atom is -0.493 e. The first-order chi connectivity index (χ1) is 14.4. The van der Waals surface area contributed by atoms with Crippen LogP contribution >= 0.6 is 11.6 Å². The number of halogens is 1. The number of esters is 1. The van der Waals surface area contributed by atoms with Crippen LogP contribution in [0, 0.1) is 23.7 Å². The van der Waals surface area contributed by atoms with Crippen LogP contribution in [0.4, 0.5) is 0 Å². The van der Waals surface area contributed by atoms with Gasteiger partial charge in [0.05, 0.1) is 37.3 Å². The van der Waals surface area contributed by atoms with E-state index in [2.05, 4.69) is 22.0 Å². The predicted molar refractivity (Wildman–Crippen MR) is 107 cm³/mol. The molecule has 2 bridgehead atoms. The van der Waals surface area contributed by atoms with Crippen LogP contribution in [0.25, 0.3) is 0 Å². The van der Waals surface area contributed by atoms with Gasteiger partial charge in [-0.3, -0.25) is 9.59 Å². The van der Waals surface area contributed by atoms with Gasteiger partial charge in [0.25, 0.3) is 11.8 Å². The predicted octanol–water partition coefficient (Wildman–Crippen LogP) is 2.43. The fourth-order valence-electron chi connectivity index (χ4n) is 4.44. The molecular weight excluding hydrogens is 412 g/mol. The summed E-state index contributed by atoms with van der Waals surface area (Å²) >= 11 is 6.26. The molecule has 1 aromatic carbocycles. The number of hydrogen-bond acceptors (Lipinski definition) is 7. The Morgan fingerprint density at radius 3 is 2.33 bits per heavy atom. The van der Waals surface area contributed by atoms with Gasteiger partial charge in [0.2, 0.25) is 0 Å². The van der Waals surface area contributed by atoms with Crippen molar-refractivity contribution < 1.29 is 28.6 Å². The Bertz CT molecular complexity index is 927. The van der Waals surface area contributed by atoms with Crippen molar-refractivity contribution in [3.05, 3.63) is 34.9 Å². The fraction of sp³-hybridized carbons (Fsp3) is 0.429. The number of carbonyl (C=O) groups excluding carboxylic acids is 3. The highest BCUT2D eigenvalue weighted by Crippen LogP contribution is 2.49. The monoisotopic (exact) mass is 432 g/mol. The van der Waals surface area contributed by atoms with Crippen LogP contribution in [-0.2, 0) is 19.1 Å². The molecule has 30 heavy (non-hydrogen) atoms. The first-order valence-electron chi connectivity index (χ1n) is 9.62. The molecule has 5 rings (SSSR count). The molecule has 8 nitrogen and oxygen atoms in total. The zero-order valence-electron chi connectivity index (χ0n) is 16.5. The molecule has 2 amide bonds. The summed E-state index contributed by atoms with van der Waals surface area (Å²) in [5.74, 6) is -1.01. The molecule has 1 saturated heterocycles. The summed E-state index contributed by atoms with van der Waals surface area (Å²) in [6.45, 7) is -0.323. The Morgan fingerprint density at radius 1 is 1.17 bits per heavy atom. The maximum absolute atomic E-state index is 12.8. The van der Waals surface area contributed by atoms with E-state index in [1.165, 1.54) is 20.4 Å². The summed E-state index contributed by atoms with van der Waals surface area (Å²) in [5.41, 5.74) is 0.513. The molecule has 1 aliphatic heterocycles. The van der Waals surface area contributed by atoms with Crippen molar-refractivity contribution in [1.82, 2.24) is 5.01 Å². The van der Waals surface area contributed by atoms with Gasteiger partial charge in [0, 0.05) is 0 Å². The smallest absolute Gasteiger partial charge is 0.343 e. The minimum atomic E-state index is -0.560. The lowest BCUT2D eigenvalue weighted by atomic mass is 9.63. The third kappa shape index (κ3) is 3.45. The van der Waals surface area contributed by atoms with Gasteiger partial charge in [0.1, 0.15) is 0 Å². The lowest BCUT2D eigenvalue weighted by Gasteiger charge is -2.37. The Balaban J connectivity index is 1.54. The molecular formula is C21H21ClN2O6. The van der Waals surface area contributed by atoms with Crippen molar-refractivity contribution in [2.75, 3.05) is 20.8 Å². The van der Waals surface area contributed by atoms with Gasteiger partial charge < -0.3 is 14.2 Å². The van der Waals surface area contributed by atoms with Crippen LogP contribution < -0.4 is 9.47 Å². The molecule has 0 radical (unpaired) electrons. The Hall–Kier alpha value is -2.87.